The molecular weight excluding hydrogens is 657 g/mol. The molecule has 0 bridgehead atoms. The lowest BCUT2D eigenvalue weighted by Gasteiger charge is -2.39. The van der Waals surface area contributed by atoms with Gasteiger partial charge in [-0.1, -0.05) is 53.6 Å². The van der Waals surface area contributed by atoms with Crippen molar-refractivity contribution in [1.29, 1.82) is 5.26 Å². The number of carbonyl (C=O) groups excluding carboxylic acids is 1. The van der Waals surface area contributed by atoms with Gasteiger partial charge in [0.15, 0.2) is 0 Å². The average molecular weight is 699 g/mol. The largest absolute Gasteiger partial charge is 0.493 e. The van der Waals surface area contributed by atoms with E-state index in [-0.39, 0.29) is 23.7 Å². The van der Waals surface area contributed by atoms with E-state index in [0.717, 1.165) is 11.1 Å². The molecule has 9 nitrogen and oxygen atoms in total. The maximum Gasteiger partial charge on any atom is 0.326 e. The maximum atomic E-state index is 14.8. The van der Waals surface area contributed by atoms with Crippen LogP contribution < -0.4 is 4.74 Å². The number of halogens is 2. The highest BCUT2D eigenvalue weighted by atomic mass is 35.5. The topological polar surface area (TPSA) is 106 Å². The van der Waals surface area contributed by atoms with Crippen LogP contribution in [0.4, 0.5) is 4.79 Å². The number of sulfone groups is 1. The summed E-state index contributed by atoms with van der Waals surface area (Å²) in [6.45, 7) is 8.45. The van der Waals surface area contributed by atoms with Crippen molar-refractivity contribution in [2.24, 2.45) is 10.9 Å². The summed E-state index contributed by atoms with van der Waals surface area (Å²) in [5, 5.41) is 11.1. The third kappa shape index (κ3) is 8.03. The number of rotatable bonds is 9. The average Bonchev–Trinajstić information content (AvgIpc) is 3.44. The first-order chi connectivity index (χ1) is 22.3. The summed E-state index contributed by atoms with van der Waals surface area (Å²) in [7, 11) is -3.09. The van der Waals surface area contributed by atoms with Crippen molar-refractivity contribution >= 4 is 44.9 Å². The summed E-state index contributed by atoms with van der Waals surface area (Å²) >= 11 is 12.6. The van der Waals surface area contributed by atoms with Gasteiger partial charge in [0.1, 0.15) is 21.4 Å². The van der Waals surface area contributed by atoms with Crippen LogP contribution in [-0.4, -0.2) is 92.4 Å². The van der Waals surface area contributed by atoms with Gasteiger partial charge in [-0.3, -0.25) is 14.8 Å². The lowest BCUT2D eigenvalue weighted by Crippen LogP contribution is -2.55. The number of amides is 2. The number of amidine groups is 1. The summed E-state index contributed by atoms with van der Waals surface area (Å²) in [6.07, 6.45) is 7.83. The van der Waals surface area contributed by atoms with Gasteiger partial charge in [-0.25, -0.2) is 13.2 Å². The number of nitrogens with zero attached hydrogens (tertiary/aromatic N) is 5. The van der Waals surface area contributed by atoms with Gasteiger partial charge in [0, 0.05) is 55.0 Å². The number of nitriles is 1. The number of benzene rings is 2. The Kier molecular flexibility index (Phi) is 10.7. The smallest absolute Gasteiger partial charge is 0.326 e. The molecule has 1 aliphatic carbocycles. The Bertz CT molecular complexity index is 1720. The molecule has 2 amide bonds. The molecular formula is C35H41Cl2N5O4S. The minimum Gasteiger partial charge on any atom is -0.493 e. The van der Waals surface area contributed by atoms with E-state index in [2.05, 4.69) is 17.0 Å². The molecule has 2 heterocycles. The molecule has 1 saturated heterocycles. The molecule has 1 fully saturated rings. The molecule has 0 spiro atoms. The fourth-order valence-corrected chi connectivity index (χ4v) is 7.09. The quantitative estimate of drug-likeness (QED) is 0.309. The van der Waals surface area contributed by atoms with Crippen LogP contribution in [-0.2, 0) is 15.3 Å². The van der Waals surface area contributed by atoms with Crippen LogP contribution in [0.25, 0.3) is 0 Å². The van der Waals surface area contributed by atoms with E-state index >= 15 is 0 Å². The summed E-state index contributed by atoms with van der Waals surface area (Å²) < 4.78 is 29.7. The van der Waals surface area contributed by atoms with E-state index in [9.17, 15) is 18.5 Å². The second kappa shape index (κ2) is 14.4. The third-order valence-electron chi connectivity index (χ3n) is 8.99. The van der Waals surface area contributed by atoms with Crippen LogP contribution in [0, 0.1) is 17.2 Å². The summed E-state index contributed by atoms with van der Waals surface area (Å²) in [5.74, 6) is 1.09. The normalized spacial score (nSPS) is 22.1. The Labute approximate surface area is 288 Å². The summed E-state index contributed by atoms with van der Waals surface area (Å²) in [5.41, 5.74) is 1.61. The van der Waals surface area contributed by atoms with E-state index in [1.54, 1.807) is 4.90 Å². The Balaban J connectivity index is 1.59. The SMILES string of the molecule is CCOc1cc(C(C)(C)C#N)ccc1C1=N[C@@H](C2C=CC(Cl)=CC2)[C@@H](c2ccc(Cl)cc2)N1C(=O)N1CCN(CCS(C)(=O)=O)CC1. The number of ether oxygens (including phenoxy) is 1. The van der Waals surface area contributed by atoms with Crippen molar-refractivity contribution < 1.29 is 17.9 Å². The van der Waals surface area contributed by atoms with Gasteiger partial charge in [0.25, 0.3) is 0 Å². The van der Waals surface area contributed by atoms with Crippen LogP contribution >= 0.6 is 23.2 Å². The Morgan fingerprint density at radius 3 is 2.40 bits per heavy atom. The molecule has 2 aromatic rings. The highest BCUT2D eigenvalue weighted by Gasteiger charge is 2.46. The zero-order valence-electron chi connectivity index (χ0n) is 27.2. The van der Waals surface area contributed by atoms with Crippen molar-refractivity contribution in [3.8, 4) is 11.8 Å². The van der Waals surface area contributed by atoms with Crippen molar-refractivity contribution in [1.82, 2.24) is 14.7 Å². The predicted octanol–water partition coefficient (Wildman–Crippen LogP) is 6.19. The highest BCUT2D eigenvalue weighted by molar-refractivity contribution is 7.90. The monoisotopic (exact) mass is 697 g/mol. The second-order valence-corrected chi connectivity index (χ2v) is 15.9. The number of piperazine rings is 1. The molecule has 250 valence electrons. The first kappa shape index (κ1) is 35.0. The Morgan fingerprint density at radius 2 is 1.81 bits per heavy atom. The van der Waals surface area contributed by atoms with Crippen LogP contribution in [0.3, 0.4) is 0 Å². The predicted molar refractivity (Wildman–Crippen MR) is 187 cm³/mol. The lowest BCUT2D eigenvalue weighted by molar-refractivity contribution is 0.121. The van der Waals surface area contributed by atoms with E-state index in [1.807, 2.05) is 80.3 Å². The zero-order chi connectivity index (χ0) is 33.9. The second-order valence-electron chi connectivity index (χ2n) is 12.8. The number of hydrogen-bond acceptors (Lipinski definition) is 7. The molecule has 1 unspecified atom stereocenters. The van der Waals surface area contributed by atoms with E-state index in [4.69, 9.17) is 32.9 Å². The minimum atomic E-state index is -3.09. The van der Waals surface area contributed by atoms with Crippen molar-refractivity contribution in [3.05, 3.63) is 87.4 Å². The minimum absolute atomic E-state index is 0.0360. The molecule has 0 radical (unpaired) electrons. The van der Waals surface area contributed by atoms with Gasteiger partial charge >= 0.3 is 6.03 Å². The fraction of sp³-hybridized carbons (Fsp3) is 0.457. The molecule has 3 aliphatic rings. The first-order valence-electron chi connectivity index (χ1n) is 15.9. The van der Waals surface area contributed by atoms with Crippen molar-refractivity contribution in [3.63, 3.8) is 0 Å². The van der Waals surface area contributed by atoms with Gasteiger partial charge in [-0.05, 0) is 68.7 Å². The Hall–Kier alpha value is -3.36. The lowest BCUT2D eigenvalue weighted by atomic mass is 9.85. The number of hydrogen-bond donors (Lipinski definition) is 0. The summed E-state index contributed by atoms with van der Waals surface area (Å²) in [4.78, 5) is 25.8. The highest BCUT2D eigenvalue weighted by Crippen LogP contribution is 2.43. The van der Waals surface area contributed by atoms with Crippen LogP contribution in [0.2, 0.25) is 5.02 Å². The summed E-state index contributed by atoms with van der Waals surface area (Å²) in [6, 6.07) is 14.6. The van der Waals surface area contributed by atoms with Crippen LogP contribution in [0.1, 0.15) is 49.9 Å². The number of aliphatic imine (C=N–C) groups is 1. The molecule has 0 saturated carbocycles. The van der Waals surface area contributed by atoms with Crippen molar-refractivity contribution in [2.45, 2.75) is 44.7 Å². The molecule has 0 N–H and O–H groups in total. The molecule has 2 aliphatic heterocycles. The van der Waals surface area contributed by atoms with Crippen molar-refractivity contribution in [2.75, 3.05) is 51.3 Å². The first-order valence-corrected chi connectivity index (χ1v) is 18.7. The molecule has 5 rings (SSSR count). The standard InChI is InChI=1S/C35H41Cl2N5O4S/c1-5-46-30-22-26(35(2,3)23-38)10-15-29(30)33-39-31(24-6-11-27(36)12-7-24)32(25-8-13-28(37)14-9-25)42(33)34(43)41-18-16-40(17-19-41)20-21-47(4,44)45/h6,8-15,22,24,31-32H,5,7,16-21H2,1-4H3/t24?,31-,32+/m0/s1. The Morgan fingerprint density at radius 1 is 1.11 bits per heavy atom. The fourth-order valence-electron chi connectivity index (χ4n) is 6.21. The van der Waals surface area contributed by atoms with E-state index in [0.29, 0.717) is 73.0 Å². The molecule has 3 atom stereocenters. The van der Waals surface area contributed by atoms with E-state index in [1.165, 1.54) is 6.26 Å². The molecule has 0 aromatic heterocycles. The number of urea groups is 1. The van der Waals surface area contributed by atoms with Gasteiger partial charge in [0.2, 0.25) is 0 Å². The van der Waals surface area contributed by atoms with Crippen LogP contribution in [0.15, 0.2) is 70.7 Å². The van der Waals surface area contributed by atoms with Gasteiger partial charge < -0.3 is 9.64 Å². The molecule has 2 aromatic carbocycles. The van der Waals surface area contributed by atoms with E-state index < -0.39 is 21.3 Å². The van der Waals surface area contributed by atoms with Gasteiger partial charge in [-0.2, -0.15) is 5.26 Å². The number of allylic oxidation sites excluding steroid dienone is 3. The molecule has 12 heteroatoms. The van der Waals surface area contributed by atoms with Crippen LogP contribution in [0.5, 0.6) is 5.75 Å². The zero-order valence-corrected chi connectivity index (χ0v) is 29.5. The van der Waals surface area contributed by atoms with Gasteiger partial charge in [0.05, 0.1) is 41.5 Å². The maximum absolute atomic E-state index is 14.8. The number of carbonyl (C=O) groups is 1. The third-order valence-corrected chi connectivity index (χ3v) is 10.4. The van der Waals surface area contributed by atoms with Gasteiger partial charge in [-0.15, -0.1) is 0 Å². The molecule has 47 heavy (non-hydrogen) atoms.